The first-order chi connectivity index (χ1) is 9.49. The van der Waals surface area contributed by atoms with Crippen molar-refractivity contribution in [2.45, 2.75) is 37.5 Å². The van der Waals surface area contributed by atoms with Gasteiger partial charge in [-0.05, 0) is 30.0 Å². The molecule has 0 radical (unpaired) electrons. The van der Waals surface area contributed by atoms with Crippen molar-refractivity contribution in [3.63, 3.8) is 0 Å². The van der Waals surface area contributed by atoms with E-state index in [4.69, 9.17) is 5.11 Å². The van der Waals surface area contributed by atoms with E-state index in [9.17, 15) is 9.59 Å². The fraction of sp³-hybridized carbons (Fsp3) is 0.467. The summed E-state index contributed by atoms with van der Waals surface area (Å²) in [5, 5.41) is 11.2. The summed E-state index contributed by atoms with van der Waals surface area (Å²) < 4.78 is 0. The lowest BCUT2D eigenvalue weighted by molar-refractivity contribution is -0.137. The van der Waals surface area contributed by atoms with Crippen LogP contribution in [-0.4, -0.2) is 29.3 Å². The molecule has 0 aliphatic rings. The minimum Gasteiger partial charge on any atom is -0.481 e. The Morgan fingerprint density at radius 2 is 1.90 bits per heavy atom. The van der Waals surface area contributed by atoms with Crippen LogP contribution >= 0.6 is 11.8 Å². The van der Waals surface area contributed by atoms with Crippen LogP contribution in [0, 0.1) is 0 Å². The van der Waals surface area contributed by atoms with E-state index in [1.54, 1.807) is 0 Å². The average Bonchev–Trinajstić information content (AvgIpc) is 2.41. The van der Waals surface area contributed by atoms with Gasteiger partial charge in [0.1, 0.15) is 0 Å². The molecule has 1 rings (SSSR count). The largest absolute Gasteiger partial charge is 0.481 e. The van der Waals surface area contributed by atoms with Crippen LogP contribution < -0.4 is 5.32 Å². The zero-order valence-electron chi connectivity index (χ0n) is 11.9. The van der Waals surface area contributed by atoms with E-state index < -0.39 is 5.97 Å². The first-order valence-corrected chi connectivity index (χ1v) is 7.69. The molecule has 5 heteroatoms. The van der Waals surface area contributed by atoms with Gasteiger partial charge in [0.15, 0.2) is 0 Å². The summed E-state index contributed by atoms with van der Waals surface area (Å²) in [4.78, 5) is 22.9. The third kappa shape index (κ3) is 6.61. The van der Waals surface area contributed by atoms with Crippen LogP contribution in [0.2, 0.25) is 0 Å². The molecule has 20 heavy (non-hydrogen) atoms. The van der Waals surface area contributed by atoms with Crippen molar-refractivity contribution in [2.75, 3.05) is 12.3 Å². The first-order valence-electron chi connectivity index (χ1n) is 6.70. The van der Waals surface area contributed by atoms with Crippen molar-refractivity contribution in [3.8, 4) is 0 Å². The van der Waals surface area contributed by atoms with Crippen molar-refractivity contribution in [1.29, 1.82) is 0 Å². The van der Waals surface area contributed by atoms with Crippen LogP contribution in [0.15, 0.2) is 29.2 Å². The molecule has 0 aliphatic heterocycles. The molecule has 0 saturated carbocycles. The molecular formula is C15H21NO3S. The maximum Gasteiger partial charge on any atom is 0.303 e. The summed E-state index contributed by atoms with van der Waals surface area (Å²) in [5.74, 6) is -0.0348. The fourth-order valence-electron chi connectivity index (χ4n) is 1.62. The van der Waals surface area contributed by atoms with Crippen LogP contribution in [0.5, 0.6) is 0 Å². The molecule has 0 fully saturated rings. The van der Waals surface area contributed by atoms with Crippen LogP contribution in [-0.2, 0) is 9.59 Å². The Hall–Kier alpha value is -1.49. The van der Waals surface area contributed by atoms with Gasteiger partial charge < -0.3 is 10.4 Å². The Balaban J connectivity index is 2.25. The number of carbonyl (C=O) groups is 2. The average molecular weight is 295 g/mol. The SMILES string of the molecule is CC(C)c1ccc(SCC(=O)NCCCC(=O)O)cc1. The van der Waals surface area contributed by atoms with Crippen molar-refractivity contribution in [1.82, 2.24) is 5.32 Å². The van der Waals surface area contributed by atoms with E-state index in [2.05, 4.69) is 31.3 Å². The van der Waals surface area contributed by atoms with Gasteiger partial charge in [-0.2, -0.15) is 0 Å². The zero-order valence-corrected chi connectivity index (χ0v) is 12.7. The predicted molar refractivity (Wildman–Crippen MR) is 81.1 cm³/mol. The molecule has 0 atom stereocenters. The summed E-state index contributed by atoms with van der Waals surface area (Å²) in [6.45, 7) is 4.71. The van der Waals surface area contributed by atoms with Crippen molar-refractivity contribution >= 4 is 23.6 Å². The van der Waals surface area contributed by atoms with Crippen molar-refractivity contribution in [3.05, 3.63) is 29.8 Å². The molecule has 1 amide bonds. The van der Waals surface area contributed by atoms with E-state index in [-0.39, 0.29) is 12.3 Å². The third-order valence-corrected chi connectivity index (χ3v) is 3.82. The predicted octanol–water partition coefficient (Wildman–Crippen LogP) is 2.88. The maximum absolute atomic E-state index is 11.6. The summed E-state index contributed by atoms with van der Waals surface area (Å²) in [7, 11) is 0. The monoisotopic (exact) mass is 295 g/mol. The first kappa shape index (κ1) is 16.6. The molecule has 4 nitrogen and oxygen atoms in total. The third-order valence-electron chi connectivity index (χ3n) is 2.81. The molecule has 0 aromatic heterocycles. The molecule has 2 N–H and O–H groups in total. The van der Waals surface area contributed by atoms with Gasteiger partial charge >= 0.3 is 5.97 Å². The van der Waals surface area contributed by atoms with Gasteiger partial charge in [0.2, 0.25) is 5.91 Å². The standard InChI is InChI=1S/C15H21NO3S/c1-11(2)12-5-7-13(8-6-12)20-10-14(17)16-9-3-4-15(18)19/h5-8,11H,3-4,9-10H2,1-2H3,(H,16,17)(H,18,19). The highest BCUT2D eigenvalue weighted by Crippen LogP contribution is 2.21. The van der Waals surface area contributed by atoms with Crippen LogP contribution in [0.3, 0.4) is 0 Å². The minimum absolute atomic E-state index is 0.0617. The fourth-order valence-corrected chi connectivity index (χ4v) is 2.34. The molecule has 0 saturated heterocycles. The van der Waals surface area contributed by atoms with Crippen LogP contribution in [0.25, 0.3) is 0 Å². The smallest absolute Gasteiger partial charge is 0.303 e. The molecule has 0 aliphatic carbocycles. The Labute approximate surface area is 124 Å². The second kappa shape index (κ2) is 8.64. The highest BCUT2D eigenvalue weighted by Gasteiger charge is 2.04. The van der Waals surface area contributed by atoms with E-state index in [0.717, 1.165) is 4.90 Å². The lowest BCUT2D eigenvalue weighted by atomic mass is 10.0. The van der Waals surface area contributed by atoms with Gasteiger partial charge in [-0.25, -0.2) is 0 Å². The number of carboxylic acid groups (broad SMARTS) is 1. The highest BCUT2D eigenvalue weighted by atomic mass is 32.2. The van der Waals surface area contributed by atoms with Gasteiger partial charge in [0.25, 0.3) is 0 Å². The number of thioether (sulfide) groups is 1. The summed E-state index contributed by atoms with van der Waals surface area (Å²) >= 11 is 1.48. The quantitative estimate of drug-likeness (QED) is 0.571. The highest BCUT2D eigenvalue weighted by molar-refractivity contribution is 8.00. The second-order valence-corrected chi connectivity index (χ2v) is 5.91. The Bertz CT molecular complexity index is 443. The van der Waals surface area contributed by atoms with E-state index in [1.807, 2.05) is 12.1 Å². The maximum atomic E-state index is 11.6. The molecule has 0 unspecified atom stereocenters. The number of benzene rings is 1. The molecule has 0 bridgehead atoms. The topological polar surface area (TPSA) is 66.4 Å². The molecule has 110 valence electrons. The van der Waals surface area contributed by atoms with E-state index in [1.165, 1.54) is 17.3 Å². The Kier molecular flexibility index (Phi) is 7.15. The summed E-state index contributed by atoms with van der Waals surface area (Å²) in [6.07, 6.45) is 0.554. The number of aliphatic carboxylic acids is 1. The van der Waals surface area contributed by atoms with Gasteiger partial charge in [0.05, 0.1) is 5.75 Å². The van der Waals surface area contributed by atoms with Gasteiger partial charge in [-0.15, -0.1) is 11.8 Å². The molecule has 0 heterocycles. The van der Waals surface area contributed by atoms with Crippen molar-refractivity contribution < 1.29 is 14.7 Å². The lowest BCUT2D eigenvalue weighted by Crippen LogP contribution is -2.26. The molecule has 1 aromatic carbocycles. The number of rotatable bonds is 8. The number of hydrogen-bond donors (Lipinski definition) is 2. The van der Waals surface area contributed by atoms with Crippen LogP contribution in [0.4, 0.5) is 0 Å². The number of nitrogens with one attached hydrogen (secondary N) is 1. The number of amides is 1. The van der Waals surface area contributed by atoms with Gasteiger partial charge in [0, 0.05) is 17.9 Å². The number of carbonyl (C=O) groups excluding carboxylic acids is 1. The van der Waals surface area contributed by atoms with E-state index >= 15 is 0 Å². The molecular weight excluding hydrogens is 274 g/mol. The Morgan fingerprint density at radius 3 is 2.45 bits per heavy atom. The number of hydrogen-bond acceptors (Lipinski definition) is 3. The molecule has 1 aromatic rings. The summed E-state index contributed by atoms with van der Waals surface area (Å²) in [5.41, 5.74) is 1.28. The van der Waals surface area contributed by atoms with E-state index in [0.29, 0.717) is 24.6 Å². The van der Waals surface area contributed by atoms with Gasteiger partial charge in [-0.3, -0.25) is 9.59 Å². The van der Waals surface area contributed by atoms with Crippen molar-refractivity contribution in [2.24, 2.45) is 0 Å². The van der Waals surface area contributed by atoms with Crippen LogP contribution in [0.1, 0.15) is 38.2 Å². The molecule has 0 spiro atoms. The van der Waals surface area contributed by atoms with Gasteiger partial charge in [-0.1, -0.05) is 26.0 Å². The lowest BCUT2D eigenvalue weighted by Gasteiger charge is -2.07. The zero-order chi connectivity index (χ0) is 15.0. The summed E-state index contributed by atoms with van der Waals surface area (Å²) in [6, 6.07) is 8.21. The normalized spacial score (nSPS) is 10.6. The second-order valence-electron chi connectivity index (χ2n) is 4.86. The number of carboxylic acids is 1. The Morgan fingerprint density at radius 1 is 1.25 bits per heavy atom. The minimum atomic E-state index is -0.834.